The molecule has 2 aliphatic heterocycles. The molecule has 120 valence electrons. The minimum absolute atomic E-state index is 0. The summed E-state index contributed by atoms with van der Waals surface area (Å²) >= 11 is 0. The maximum atomic E-state index is 13.9. The first-order valence-electron chi connectivity index (χ1n) is 7.04. The summed E-state index contributed by atoms with van der Waals surface area (Å²) in [5.74, 6) is -1.23. The average molecular weight is 330 g/mol. The summed E-state index contributed by atoms with van der Waals surface area (Å²) in [7, 11) is 0. The van der Waals surface area contributed by atoms with Gasteiger partial charge in [-0.2, -0.15) is 0 Å². The molecule has 1 amide bonds. The highest BCUT2D eigenvalue weighted by Gasteiger charge is 2.32. The molecular formula is C14H17ClFN3O3. The summed E-state index contributed by atoms with van der Waals surface area (Å²) in [4.78, 5) is 24.0. The number of carbonyl (C=O) groups excluding carboxylic acids is 1. The number of amides is 1. The molecule has 0 spiro atoms. The van der Waals surface area contributed by atoms with E-state index in [9.17, 15) is 19.3 Å². The van der Waals surface area contributed by atoms with Gasteiger partial charge in [0.15, 0.2) is 0 Å². The topological polar surface area (TPSA) is 75.5 Å². The first-order valence-corrected chi connectivity index (χ1v) is 7.04. The number of nitro benzene ring substituents is 1. The van der Waals surface area contributed by atoms with Crippen LogP contribution in [0.3, 0.4) is 0 Å². The summed E-state index contributed by atoms with van der Waals surface area (Å²) < 4.78 is 13.9. The van der Waals surface area contributed by atoms with E-state index in [1.165, 1.54) is 12.1 Å². The van der Waals surface area contributed by atoms with Crippen molar-refractivity contribution in [1.29, 1.82) is 0 Å². The number of likely N-dealkylation sites (tertiary alicyclic amines) is 1. The molecule has 2 unspecified atom stereocenters. The lowest BCUT2D eigenvalue weighted by atomic mass is 10.1. The Morgan fingerprint density at radius 2 is 2.05 bits per heavy atom. The first kappa shape index (κ1) is 16.6. The molecule has 3 rings (SSSR count). The second-order valence-corrected chi connectivity index (χ2v) is 5.60. The molecule has 2 heterocycles. The van der Waals surface area contributed by atoms with Crippen molar-refractivity contribution in [3.8, 4) is 0 Å². The van der Waals surface area contributed by atoms with Gasteiger partial charge in [-0.3, -0.25) is 14.9 Å². The second kappa shape index (κ2) is 6.58. The molecule has 1 aromatic rings. The predicted molar refractivity (Wildman–Crippen MR) is 80.8 cm³/mol. The number of carbonyl (C=O) groups is 1. The monoisotopic (exact) mass is 329 g/mol. The zero-order valence-corrected chi connectivity index (χ0v) is 12.6. The average Bonchev–Trinajstić information content (AvgIpc) is 2.77. The number of nitro groups is 1. The number of benzene rings is 1. The number of hydrogen-bond acceptors (Lipinski definition) is 4. The fraction of sp³-hybridized carbons (Fsp3) is 0.500. The van der Waals surface area contributed by atoms with Crippen LogP contribution in [0.15, 0.2) is 18.2 Å². The van der Waals surface area contributed by atoms with Crippen molar-refractivity contribution in [2.75, 3.05) is 13.1 Å². The molecule has 2 fully saturated rings. The molecular weight excluding hydrogens is 313 g/mol. The Morgan fingerprint density at radius 1 is 1.32 bits per heavy atom. The number of hydrogen-bond donors (Lipinski definition) is 1. The number of rotatable bonds is 2. The van der Waals surface area contributed by atoms with Crippen LogP contribution in [0.5, 0.6) is 0 Å². The smallest absolute Gasteiger partial charge is 0.272 e. The fourth-order valence-corrected chi connectivity index (χ4v) is 3.09. The van der Waals surface area contributed by atoms with E-state index >= 15 is 0 Å². The Labute approximate surface area is 133 Å². The SMILES string of the molecule is Cl.O=C(c1ccc([N+](=O)[O-])cc1F)N1CCC2CCC(C1)N2. The van der Waals surface area contributed by atoms with Crippen molar-refractivity contribution < 1.29 is 14.1 Å². The standard InChI is InChI=1S/C14H16FN3O3.ClH/c15-13-7-11(18(20)21)3-4-12(13)14(19)17-6-5-9-1-2-10(8-17)16-9;/h3-4,7,9-10,16H,1-2,5-6,8H2;1H. The van der Waals surface area contributed by atoms with Crippen LogP contribution < -0.4 is 5.32 Å². The third kappa shape index (κ3) is 3.20. The highest BCUT2D eigenvalue weighted by molar-refractivity contribution is 5.94. The van der Waals surface area contributed by atoms with Crippen LogP contribution in [0.4, 0.5) is 10.1 Å². The predicted octanol–water partition coefficient (Wildman–Crippen LogP) is 2.12. The zero-order valence-electron chi connectivity index (χ0n) is 11.8. The molecule has 0 aliphatic carbocycles. The van der Waals surface area contributed by atoms with Gasteiger partial charge in [-0.25, -0.2) is 4.39 Å². The molecule has 0 aromatic heterocycles. The van der Waals surface area contributed by atoms with Gasteiger partial charge in [0, 0.05) is 31.2 Å². The second-order valence-electron chi connectivity index (χ2n) is 5.60. The van der Waals surface area contributed by atoms with Crippen LogP contribution >= 0.6 is 12.4 Å². The molecule has 1 N–H and O–H groups in total. The van der Waals surface area contributed by atoms with E-state index in [4.69, 9.17) is 0 Å². The minimum atomic E-state index is -0.837. The van der Waals surface area contributed by atoms with Crippen molar-refractivity contribution in [2.45, 2.75) is 31.3 Å². The van der Waals surface area contributed by atoms with Crippen molar-refractivity contribution >= 4 is 24.0 Å². The van der Waals surface area contributed by atoms with E-state index < -0.39 is 16.6 Å². The summed E-state index contributed by atoms with van der Waals surface area (Å²) in [6, 6.07) is 3.87. The molecule has 2 bridgehead atoms. The van der Waals surface area contributed by atoms with Crippen molar-refractivity contribution in [1.82, 2.24) is 10.2 Å². The Hall–Kier alpha value is -1.73. The van der Waals surface area contributed by atoms with Crippen molar-refractivity contribution in [2.24, 2.45) is 0 Å². The lowest BCUT2D eigenvalue weighted by Crippen LogP contribution is -2.39. The molecule has 2 atom stereocenters. The van der Waals surface area contributed by atoms with E-state index in [1.54, 1.807) is 4.90 Å². The molecule has 8 heteroatoms. The van der Waals surface area contributed by atoms with Crippen LogP contribution in [0.2, 0.25) is 0 Å². The molecule has 0 saturated carbocycles. The van der Waals surface area contributed by atoms with Crippen LogP contribution in [0, 0.1) is 15.9 Å². The third-order valence-corrected chi connectivity index (χ3v) is 4.20. The molecule has 22 heavy (non-hydrogen) atoms. The summed E-state index contributed by atoms with van der Waals surface area (Å²) in [6.07, 6.45) is 3.01. The summed E-state index contributed by atoms with van der Waals surface area (Å²) in [5.41, 5.74) is -0.445. The van der Waals surface area contributed by atoms with Crippen molar-refractivity contribution in [3.05, 3.63) is 39.7 Å². The lowest BCUT2D eigenvalue weighted by Gasteiger charge is -2.24. The largest absolute Gasteiger partial charge is 0.337 e. The first-order chi connectivity index (χ1) is 10.0. The van der Waals surface area contributed by atoms with Crippen molar-refractivity contribution in [3.63, 3.8) is 0 Å². The maximum absolute atomic E-state index is 13.9. The van der Waals surface area contributed by atoms with E-state index in [2.05, 4.69) is 5.32 Å². The maximum Gasteiger partial charge on any atom is 0.272 e. The van der Waals surface area contributed by atoms with Gasteiger partial charge in [0.2, 0.25) is 0 Å². The Morgan fingerprint density at radius 3 is 2.73 bits per heavy atom. The van der Waals surface area contributed by atoms with Gasteiger partial charge in [-0.05, 0) is 25.3 Å². The summed E-state index contributed by atoms with van der Waals surface area (Å²) in [6.45, 7) is 1.15. The normalized spacial score (nSPS) is 23.6. The number of fused-ring (bicyclic) bond motifs is 2. The van der Waals surface area contributed by atoms with Gasteiger partial charge >= 0.3 is 0 Å². The van der Waals surface area contributed by atoms with E-state index in [1.807, 2.05) is 0 Å². The summed E-state index contributed by atoms with van der Waals surface area (Å²) in [5, 5.41) is 14.1. The number of halogens is 2. The Bertz CT molecular complexity index is 599. The minimum Gasteiger partial charge on any atom is -0.337 e. The number of non-ortho nitro benzene ring substituents is 1. The van der Waals surface area contributed by atoms with Crippen LogP contribution in [-0.4, -0.2) is 40.9 Å². The van der Waals surface area contributed by atoms with Gasteiger partial charge < -0.3 is 10.2 Å². The van der Waals surface area contributed by atoms with E-state index in [-0.39, 0.29) is 29.7 Å². The van der Waals surface area contributed by atoms with Crippen LogP contribution in [-0.2, 0) is 0 Å². The quantitative estimate of drug-likeness (QED) is 0.666. The Balaban J connectivity index is 0.00000176. The number of nitrogens with zero attached hydrogens (tertiary/aromatic N) is 2. The molecule has 2 saturated heterocycles. The number of nitrogens with one attached hydrogen (secondary N) is 1. The van der Waals surface area contributed by atoms with Gasteiger partial charge in [-0.15, -0.1) is 12.4 Å². The Kier molecular flexibility index (Phi) is 4.97. The van der Waals surface area contributed by atoms with Gasteiger partial charge in [0.05, 0.1) is 16.6 Å². The van der Waals surface area contributed by atoms with Crippen LogP contribution in [0.25, 0.3) is 0 Å². The molecule has 0 radical (unpaired) electrons. The highest BCUT2D eigenvalue weighted by atomic mass is 35.5. The van der Waals surface area contributed by atoms with Gasteiger partial charge in [0.1, 0.15) is 5.82 Å². The molecule has 1 aromatic carbocycles. The highest BCUT2D eigenvalue weighted by Crippen LogP contribution is 2.23. The van der Waals surface area contributed by atoms with E-state index in [0.29, 0.717) is 19.1 Å². The zero-order chi connectivity index (χ0) is 15.0. The third-order valence-electron chi connectivity index (χ3n) is 4.20. The van der Waals surface area contributed by atoms with Crippen LogP contribution in [0.1, 0.15) is 29.6 Å². The van der Waals surface area contributed by atoms with E-state index in [0.717, 1.165) is 25.3 Å². The lowest BCUT2D eigenvalue weighted by molar-refractivity contribution is -0.385. The van der Waals surface area contributed by atoms with Gasteiger partial charge in [0.25, 0.3) is 11.6 Å². The molecule has 6 nitrogen and oxygen atoms in total. The fourth-order valence-electron chi connectivity index (χ4n) is 3.09. The molecule has 2 aliphatic rings. The van der Waals surface area contributed by atoms with Gasteiger partial charge in [-0.1, -0.05) is 0 Å².